The quantitative estimate of drug-likeness (QED) is 0.543. The number of hydrogen-bond acceptors (Lipinski definition) is 7. The standard InChI is InChI=1S/C23H34N2O7S/c1-9-24-20(33(28,29)17-12-10-16(4)11-13-17)19(31-14-30-8)18(15(2)3)25(21(24)26)22(27)32-23(5,6)7/h9-13,15,18-20H,1,14H2,2-8H3. The zero-order chi connectivity index (χ0) is 25.1. The summed E-state index contributed by atoms with van der Waals surface area (Å²) in [5, 5.41) is -1.47. The predicted octanol–water partition coefficient (Wildman–Crippen LogP) is 3.92. The summed E-state index contributed by atoms with van der Waals surface area (Å²) in [7, 11) is -2.73. The van der Waals surface area contributed by atoms with Gasteiger partial charge >= 0.3 is 12.1 Å². The smallest absolute Gasteiger partial charge is 0.418 e. The van der Waals surface area contributed by atoms with Crippen LogP contribution in [0.4, 0.5) is 9.59 Å². The lowest BCUT2D eigenvalue weighted by molar-refractivity contribution is -0.123. The van der Waals surface area contributed by atoms with Crippen molar-refractivity contribution in [3.8, 4) is 0 Å². The maximum absolute atomic E-state index is 13.8. The molecule has 0 bridgehead atoms. The molecule has 2 rings (SSSR count). The van der Waals surface area contributed by atoms with E-state index in [4.69, 9.17) is 14.2 Å². The number of methoxy groups -OCH3 is 1. The van der Waals surface area contributed by atoms with Crippen molar-refractivity contribution in [3.63, 3.8) is 0 Å². The van der Waals surface area contributed by atoms with E-state index in [2.05, 4.69) is 6.58 Å². The molecule has 0 spiro atoms. The molecule has 0 saturated carbocycles. The van der Waals surface area contributed by atoms with Gasteiger partial charge in [-0.2, -0.15) is 0 Å². The Bertz CT molecular complexity index is 968. The molecule has 0 aliphatic carbocycles. The van der Waals surface area contributed by atoms with Gasteiger partial charge < -0.3 is 14.2 Å². The molecule has 9 nitrogen and oxygen atoms in total. The van der Waals surface area contributed by atoms with Crippen LogP contribution in [0.1, 0.15) is 40.2 Å². The molecule has 3 unspecified atom stereocenters. The average molecular weight is 483 g/mol. The van der Waals surface area contributed by atoms with Crippen molar-refractivity contribution in [3.05, 3.63) is 42.6 Å². The monoisotopic (exact) mass is 482 g/mol. The van der Waals surface area contributed by atoms with Crippen molar-refractivity contribution in [1.29, 1.82) is 0 Å². The van der Waals surface area contributed by atoms with Gasteiger partial charge in [0, 0.05) is 13.3 Å². The third-order valence-electron chi connectivity index (χ3n) is 5.13. The van der Waals surface area contributed by atoms with E-state index < -0.39 is 45.1 Å². The molecule has 0 N–H and O–H groups in total. The normalized spacial score (nSPS) is 21.9. The van der Waals surface area contributed by atoms with Gasteiger partial charge in [0.1, 0.15) is 18.5 Å². The number of aryl methyl sites for hydroxylation is 1. The van der Waals surface area contributed by atoms with Crippen molar-refractivity contribution in [2.45, 2.75) is 69.6 Å². The Morgan fingerprint density at radius 1 is 1.21 bits per heavy atom. The van der Waals surface area contributed by atoms with Gasteiger partial charge in [0.25, 0.3) is 0 Å². The number of carbonyl (C=O) groups excluding carboxylic acids is 2. The van der Waals surface area contributed by atoms with Gasteiger partial charge in [0.15, 0.2) is 5.37 Å². The van der Waals surface area contributed by atoms with E-state index in [9.17, 15) is 18.0 Å². The number of carbonyl (C=O) groups is 2. The van der Waals surface area contributed by atoms with Crippen LogP contribution in [0.2, 0.25) is 0 Å². The first-order valence-corrected chi connectivity index (χ1v) is 12.2. The highest BCUT2D eigenvalue weighted by Crippen LogP contribution is 2.36. The van der Waals surface area contributed by atoms with Crippen LogP contribution in [0.25, 0.3) is 0 Å². The van der Waals surface area contributed by atoms with E-state index >= 15 is 0 Å². The van der Waals surface area contributed by atoms with Crippen molar-refractivity contribution in [1.82, 2.24) is 9.80 Å². The van der Waals surface area contributed by atoms with Crippen LogP contribution in [0, 0.1) is 12.8 Å². The molecule has 1 aromatic carbocycles. The van der Waals surface area contributed by atoms with Crippen molar-refractivity contribution >= 4 is 22.0 Å². The molecule has 0 aromatic heterocycles. The Kier molecular flexibility index (Phi) is 8.32. The van der Waals surface area contributed by atoms with Crippen LogP contribution in [0.3, 0.4) is 0 Å². The van der Waals surface area contributed by atoms with E-state index in [0.717, 1.165) is 21.6 Å². The van der Waals surface area contributed by atoms with Crippen LogP contribution < -0.4 is 0 Å². The highest BCUT2D eigenvalue weighted by atomic mass is 32.2. The summed E-state index contributed by atoms with van der Waals surface area (Å²) < 4.78 is 43.9. The fourth-order valence-corrected chi connectivity index (χ4v) is 5.59. The minimum atomic E-state index is -4.13. The lowest BCUT2D eigenvalue weighted by atomic mass is 9.94. The number of imide groups is 1. The summed E-state index contributed by atoms with van der Waals surface area (Å²) in [6.45, 7) is 13.8. The summed E-state index contributed by atoms with van der Waals surface area (Å²) >= 11 is 0. The molecular formula is C23H34N2O7S. The second-order valence-corrected chi connectivity index (χ2v) is 11.3. The molecule has 0 radical (unpaired) electrons. The fourth-order valence-electron chi connectivity index (χ4n) is 3.73. The first kappa shape index (κ1) is 26.8. The van der Waals surface area contributed by atoms with Gasteiger partial charge in [-0.25, -0.2) is 22.9 Å². The Morgan fingerprint density at radius 2 is 1.79 bits per heavy atom. The van der Waals surface area contributed by atoms with Crippen LogP contribution in [0.15, 0.2) is 41.9 Å². The molecule has 1 heterocycles. The van der Waals surface area contributed by atoms with Crippen molar-refractivity contribution in [2.24, 2.45) is 5.92 Å². The Labute approximate surface area is 196 Å². The second-order valence-electron chi connectivity index (χ2n) is 9.24. The molecule has 1 saturated heterocycles. The Balaban J connectivity index is 2.69. The maximum Gasteiger partial charge on any atom is 0.418 e. The topological polar surface area (TPSA) is 102 Å². The SMILES string of the molecule is C=CN1C(=O)N(C(=O)OC(C)(C)C)C(C(C)C)C(OCOC)C1S(=O)(=O)c1ccc(C)cc1. The maximum atomic E-state index is 13.8. The van der Waals surface area contributed by atoms with E-state index in [1.54, 1.807) is 46.8 Å². The van der Waals surface area contributed by atoms with Crippen molar-refractivity contribution in [2.75, 3.05) is 13.9 Å². The summed E-state index contributed by atoms with van der Waals surface area (Å²) in [5.74, 6) is -0.356. The molecule has 1 aliphatic heterocycles. The number of ether oxygens (including phenoxy) is 3. The Morgan fingerprint density at radius 3 is 2.24 bits per heavy atom. The fraction of sp³-hybridized carbons (Fsp3) is 0.565. The molecule has 33 heavy (non-hydrogen) atoms. The molecule has 3 atom stereocenters. The van der Waals surface area contributed by atoms with Crippen molar-refractivity contribution < 1.29 is 32.2 Å². The summed E-state index contributed by atoms with van der Waals surface area (Å²) in [4.78, 5) is 28.4. The molecule has 3 amide bonds. The zero-order valence-corrected chi connectivity index (χ0v) is 21.1. The van der Waals surface area contributed by atoms with Gasteiger partial charge in [-0.15, -0.1) is 0 Å². The van der Waals surface area contributed by atoms with Gasteiger partial charge in [0.2, 0.25) is 9.84 Å². The Hall–Kier alpha value is -2.43. The van der Waals surface area contributed by atoms with E-state index in [0.29, 0.717) is 0 Å². The first-order valence-electron chi connectivity index (χ1n) is 10.6. The summed E-state index contributed by atoms with van der Waals surface area (Å²) in [6.07, 6.45) is -0.940. The van der Waals surface area contributed by atoms with Gasteiger partial charge in [-0.05, 0) is 45.7 Å². The second kappa shape index (κ2) is 10.2. The van der Waals surface area contributed by atoms with Crippen LogP contribution in [0.5, 0.6) is 0 Å². The minimum Gasteiger partial charge on any atom is -0.443 e. The van der Waals surface area contributed by atoms with Gasteiger partial charge in [-0.3, -0.25) is 4.90 Å². The first-order chi connectivity index (χ1) is 15.3. The molecular weight excluding hydrogens is 448 g/mol. The molecule has 184 valence electrons. The summed E-state index contributed by atoms with van der Waals surface area (Å²) in [6, 6.07) is 4.52. The number of benzene rings is 1. The molecule has 1 fully saturated rings. The lowest BCUT2D eigenvalue weighted by Gasteiger charge is -2.49. The summed E-state index contributed by atoms with van der Waals surface area (Å²) in [5.41, 5.74) is 0.0172. The third kappa shape index (κ3) is 5.74. The number of amides is 3. The van der Waals surface area contributed by atoms with Gasteiger partial charge in [0.05, 0.1) is 10.9 Å². The van der Waals surface area contributed by atoms with E-state index in [1.165, 1.54) is 19.2 Å². The lowest BCUT2D eigenvalue weighted by Crippen LogP contribution is -2.70. The number of rotatable bonds is 7. The van der Waals surface area contributed by atoms with Crippen LogP contribution >= 0.6 is 0 Å². The molecule has 1 aliphatic rings. The number of urea groups is 1. The highest BCUT2D eigenvalue weighted by Gasteiger charge is 2.56. The predicted molar refractivity (Wildman–Crippen MR) is 123 cm³/mol. The third-order valence-corrected chi connectivity index (χ3v) is 7.19. The van der Waals surface area contributed by atoms with Crippen LogP contribution in [-0.4, -0.2) is 67.4 Å². The molecule has 10 heteroatoms. The molecule has 1 aromatic rings. The number of nitrogens with zero attached hydrogens (tertiary/aromatic N) is 2. The zero-order valence-electron chi connectivity index (χ0n) is 20.3. The van der Waals surface area contributed by atoms with Crippen LogP contribution in [-0.2, 0) is 24.0 Å². The minimum absolute atomic E-state index is 0.0250. The van der Waals surface area contributed by atoms with Gasteiger partial charge in [-0.1, -0.05) is 38.1 Å². The number of sulfone groups is 1. The highest BCUT2D eigenvalue weighted by molar-refractivity contribution is 7.92. The van der Waals surface area contributed by atoms with E-state index in [1.807, 2.05) is 6.92 Å². The largest absolute Gasteiger partial charge is 0.443 e. The van der Waals surface area contributed by atoms with E-state index in [-0.39, 0.29) is 17.6 Å². The average Bonchev–Trinajstić information content (AvgIpc) is 2.70. The number of hydrogen-bond donors (Lipinski definition) is 0.